The first-order valence-corrected chi connectivity index (χ1v) is 9.10. The van der Waals surface area contributed by atoms with Crippen molar-refractivity contribution in [3.05, 3.63) is 10.6 Å². The quantitative estimate of drug-likeness (QED) is 0.443. The van der Waals surface area contributed by atoms with Crippen LogP contribution in [0.5, 0.6) is 0 Å². The van der Waals surface area contributed by atoms with Gasteiger partial charge in [-0.05, 0) is 26.1 Å². The van der Waals surface area contributed by atoms with Gasteiger partial charge in [0.1, 0.15) is 6.10 Å². The molecule has 0 aliphatic carbocycles. The number of rotatable bonds is 4. The van der Waals surface area contributed by atoms with Gasteiger partial charge >= 0.3 is 6.03 Å². The topological polar surface area (TPSA) is 108 Å². The summed E-state index contributed by atoms with van der Waals surface area (Å²) in [6.45, 7) is 5.22. The van der Waals surface area contributed by atoms with Crippen molar-refractivity contribution in [2.75, 3.05) is 25.5 Å². The third-order valence-corrected chi connectivity index (χ3v) is 4.90. The van der Waals surface area contributed by atoms with Crippen molar-refractivity contribution >= 4 is 45.7 Å². The Bertz CT molecular complexity index is 651. The number of ether oxygens (including phenoxy) is 1. The highest BCUT2D eigenvalue weighted by Crippen LogP contribution is 2.28. The first-order valence-electron chi connectivity index (χ1n) is 7.88. The Kier molecular flexibility index (Phi) is 6.91. The highest BCUT2D eigenvalue weighted by Gasteiger charge is 2.23. The Morgan fingerprint density at radius 3 is 2.88 bits per heavy atom. The first kappa shape index (κ1) is 19.3. The van der Waals surface area contributed by atoms with Crippen LogP contribution in [0.1, 0.15) is 24.4 Å². The van der Waals surface area contributed by atoms with Gasteiger partial charge in [0.15, 0.2) is 10.2 Å². The number of nitrogens with zero attached hydrogens (tertiary/aromatic N) is 2. The summed E-state index contributed by atoms with van der Waals surface area (Å²) >= 11 is 6.75. The van der Waals surface area contributed by atoms with E-state index in [1.807, 2.05) is 11.8 Å². The number of amides is 3. The smallest absolute Gasteiger partial charge is 0.320 e. The van der Waals surface area contributed by atoms with E-state index in [4.69, 9.17) is 17.0 Å². The molecule has 9 nitrogen and oxygen atoms in total. The van der Waals surface area contributed by atoms with E-state index in [-0.39, 0.29) is 11.9 Å². The number of thiazole rings is 1. The molecule has 0 radical (unpaired) electrons. The average Bonchev–Trinajstić information content (AvgIpc) is 3.00. The van der Waals surface area contributed by atoms with Crippen LogP contribution in [-0.4, -0.2) is 53.2 Å². The number of thiocarbonyl (C=S) groups is 1. The van der Waals surface area contributed by atoms with Crippen LogP contribution in [0, 0.1) is 0 Å². The van der Waals surface area contributed by atoms with Crippen LogP contribution in [-0.2, 0) is 22.5 Å². The predicted molar refractivity (Wildman–Crippen MR) is 99.3 cm³/mol. The highest BCUT2D eigenvalue weighted by molar-refractivity contribution is 7.80. The fourth-order valence-corrected chi connectivity index (χ4v) is 3.43. The van der Waals surface area contributed by atoms with Gasteiger partial charge < -0.3 is 15.0 Å². The zero-order chi connectivity index (χ0) is 18.4. The van der Waals surface area contributed by atoms with Gasteiger partial charge in [-0.2, -0.15) is 0 Å². The molecule has 1 atom stereocenters. The van der Waals surface area contributed by atoms with E-state index in [9.17, 15) is 9.59 Å². The van der Waals surface area contributed by atoms with Crippen molar-refractivity contribution in [1.82, 2.24) is 26.1 Å². The van der Waals surface area contributed by atoms with Crippen LogP contribution in [0.15, 0.2) is 0 Å². The standard InChI is InChI=1S/C14H22N6O3S2/c1-4-23-8(2)11(21)18-19-14(24)20-6-5-9-10(7-20)25-13(16-9)17-12(22)15-3/h8H,4-7H2,1-3H3,(H,18,21)(H,19,24)(H2,15,16,17,22). The summed E-state index contributed by atoms with van der Waals surface area (Å²) in [5, 5.41) is 6.15. The Hall–Kier alpha value is -1.98. The minimum Gasteiger partial charge on any atom is -0.369 e. The molecule has 11 heteroatoms. The van der Waals surface area contributed by atoms with E-state index in [0.717, 1.165) is 10.6 Å². The molecule has 1 aliphatic heterocycles. The Balaban J connectivity index is 1.88. The highest BCUT2D eigenvalue weighted by atomic mass is 32.1. The third-order valence-electron chi connectivity index (χ3n) is 3.54. The van der Waals surface area contributed by atoms with Gasteiger partial charge in [0.2, 0.25) is 0 Å². The molecule has 1 aromatic heterocycles. The number of hydrogen-bond donors (Lipinski definition) is 4. The fraction of sp³-hybridized carbons (Fsp3) is 0.571. The summed E-state index contributed by atoms with van der Waals surface area (Å²) in [5.41, 5.74) is 6.27. The third kappa shape index (κ3) is 5.25. The summed E-state index contributed by atoms with van der Waals surface area (Å²) < 4.78 is 5.22. The summed E-state index contributed by atoms with van der Waals surface area (Å²) in [6, 6.07) is -0.300. The Morgan fingerprint density at radius 1 is 1.44 bits per heavy atom. The number of urea groups is 1. The lowest BCUT2D eigenvalue weighted by atomic mass is 10.2. The molecule has 138 valence electrons. The molecule has 1 aromatic rings. The minimum absolute atomic E-state index is 0.281. The Morgan fingerprint density at radius 2 is 2.20 bits per heavy atom. The maximum atomic E-state index is 11.8. The summed E-state index contributed by atoms with van der Waals surface area (Å²) in [4.78, 5) is 30.6. The molecule has 1 aliphatic rings. The van der Waals surface area contributed by atoms with Crippen LogP contribution >= 0.6 is 23.6 Å². The van der Waals surface area contributed by atoms with Crippen LogP contribution in [0.25, 0.3) is 0 Å². The average molecular weight is 387 g/mol. The lowest BCUT2D eigenvalue weighted by molar-refractivity contribution is -0.132. The van der Waals surface area contributed by atoms with Crippen molar-refractivity contribution in [3.63, 3.8) is 0 Å². The van der Waals surface area contributed by atoms with E-state index in [2.05, 4.69) is 26.5 Å². The number of hydrazine groups is 1. The van der Waals surface area contributed by atoms with Crippen molar-refractivity contribution in [2.45, 2.75) is 32.9 Å². The number of anilines is 1. The molecule has 2 rings (SSSR count). The molecular weight excluding hydrogens is 364 g/mol. The molecule has 0 spiro atoms. The number of hydrogen-bond acceptors (Lipinski definition) is 6. The molecule has 3 amide bonds. The molecule has 0 aromatic carbocycles. The number of carbonyl (C=O) groups is 2. The molecule has 0 bridgehead atoms. The van der Waals surface area contributed by atoms with Crippen LogP contribution in [0.3, 0.4) is 0 Å². The normalized spacial score (nSPS) is 14.3. The summed E-state index contributed by atoms with van der Waals surface area (Å²) in [7, 11) is 1.55. The van der Waals surface area contributed by atoms with Gasteiger partial charge in [-0.25, -0.2) is 9.78 Å². The van der Waals surface area contributed by atoms with Gasteiger partial charge in [0.05, 0.1) is 12.2 Å². The van der Waals surface area contributed by atoms with Gasteiger partial charge in [-0.15, -0.1) is 0 Å². The number of nitrogens with one attached hydrogen (secondary N) is 4. The van der Waals surface area contributed by atoms with Crippen molar-refractivity contribution in [2.24, 2.45) is 0 Å². The molecule has 0 fully saturated rings. The molecule has 0 saturated heterocycles. The SMILES string of the molecule is CCOC(C)C(=O)NNC(=S)N1CCc2nc(NC(=O)NC)sc2C1. The van der Waals surface area contributed by atoms with E-state index in [1.54, 1.807) is 14.0 Å². The van der Waals surface area contributed by atoms with E-state index >= 15 is 0 Å². The number of fused-ring (bicyclic) bond motifs is 1. The van der Waals surface area contributed by atoms with E-state index in [0.29, 0.717) is 36.4 Å². The van der Waals surface area contributed by atoms with Gasteiger partial charge in [-0.3, -0.25) is 21.0 Å². The van der Waals surface area contributed by atoms with E-state index in [1.165, 1.54) is 11.3 Å². The maximum absolute atomic E-state index is 11.8. The molecular formula is C14H22N6O3S2. The lowest BCUT2D eigenvalue weighted by Crippen LogP contribution is -2.52. The molecule has 1 unspecified atom stereocenters. The van der Waals surface area contributed by atoms with Crippen LogP contribution in [0.4, 0.5) is 9.93 Å². The van der Waals surface area contributed by atoms with Gasteiger partial charge in [0, 0.05) is 31.5 Å². The van der Waals surface area contributed by atoms with Crippen molar-refractivity contribution in [1.29, 1.82) is 0 Å². The second-order valence-corrected chi connectivity index (χ2v) is 6.75. The second-order valence-electron chi connectivity index (χ2n) is 5.28. The largest absolute Gasteiger partial charge is 0.369 e. The van der Waals surface area contributed by atoms with Crippen molar-refractivity contribution < 1.29 is 14.3 Å². The lowest BCUT2D eigenvalue weighted by Gasteiger charge is -2.28. The predicted octanol–water partition coefficient (Wildman–Crippen LogP) is 0.583. The van der Waals surface area contributed by atoms with Crippen LogP contribution < -0.4 is 21.5 Å². The minimum atomic E-state index is -0.548. The zero-order valence-corrected chi connectivity index (χ0v) is 16.0. The molecule has 0 saturated carbocycles. The summed E-state index contributed by atoms with van der Waals surface area (Å²) in [5.74, 6) is -0.281. The molecule has 4 N–H and O–H groups in total. The number of carbonyl (C=O) groups excluding carboxylic acids is 2. The van der Waals surface area contributed by atoms with E-state index < -0.39 is 6.10 Å². The van der Waals surface area contributed by atoms with Crippen LogP contribution in [0.2, 0.25) is 0 Å². The molecule has 25 heavy (non-hydrogen) atoms. The fourth-order valence-electron chi connectivity index (χ4n) is 2.20. The van der Waals surface area contributed by atoms with Gasteiger partial charge in [0.25, 0.3) is 5.91 Å². The van der Waals surface area contributed by atoms with Gasteiger partial charge in [-0.1, -0.05) is 11.3 Å². The number of aromatic nitrogens is 1. The zero-order valence-electron chi connectivity index (χ0n) is 14.3. The Labute approximate surface area is 155 Å². The van der Waals surface area contributed by atoms with Crippen molar-refractivity contribution in [3.8, 4) is 0 Å². The summed E-state index contributed by atoms with van der Waals surface area (Å²) in [6.07, 6.45) is 0.167. The first-order chi connectivity index (χ1) is 11.9. The maximum Gasteiger partial charge on any atom is 0.320 e. The molecule has 2 heterocycles. The second kappa shape index (κ2) is 8.92. The monoisotopic (exact) mass is 386 g/mol.